The van der Waals surface area contributed by atoms with Crippen LogP contribution in [0.3, 0.4) is 0 Å². The minimum absolute atomic E-state index is 0.0810. The SMILES string of the molecule is Cc1cccc(OCc2nnc(SCc3ccccc3[N+](=O)[O-])o2)c1. The van der Waals surface area contributed by atoms with E-state index in [9.17, 15) is 10.1 Å². The van der Waals surface area contributed by atoms with E-state index in [1.54, 1.807) is 18.2 Å². The van der Waals surface area contributed by atoms with E-state index in [0.29, 0.717) is 22.4 Å². The third-order valence-electron chi connectivity index (χ3n) is 3.34. The van der Waals surface area contributed by atoms with Crippen molar-refractivity contribution in [2.45, 2.75) is 24.5 Å². The van der Waals surface area contributed by atoms with Crippen LogP contribution in [0, 0.1) is 17.0 Å². The maximum atomic E-state index is 11.0. The Balaban J connectivity index is 1.58. The van der Waals surface area contributed by atoms with Crippen LogP contribution in [-0.2, 0) is 12.4 Å². The maximum Gasteiger partial charge on any atom is 0.277 e. The van der Waals surface area contributed by atoms with E-state index < -0.39 is 4.92 Å². The van der Waals surface area contributed by atoms with Crippen LogP contribution in [0.2, 0.25) is 0 Å². The van der Waals surface area contributed by atoms with Gasteiger partial charge in [0.15, 0.2) is 6.61 Å². The summed E-state index contributed by atoms with van der Waals surface area (Å²) in [5, 5.41) is 19.2. The van der Waals surface area contributed by atoms with E-state index in [0.717, 1.165) is 11.3 Å². The van der Waals surface area contributed by atoms with Gasteiger partial charge in [0.1, 0.15) is 5.75 Å². The first kappa shape index (κ1) is 17.0. The Kier molecular flexibility index (Phi) is 5.30. The minimum atomic E-state index is -0.398. The summed E-state index contributed by atoms with van der Waals surface area (Å²) in [5.74, 6) is 1.45. The average Bonchev–Trinajstić information content (AvgIpc) is 3.06. The number of nitrogens with zero attached hydrogens (tertiary/aromatic N) is 3. The summed E-state index contributed by atoms with van der Waals surface area (Å²) in [6.07, 6.45) is 0. The number of aryl methyl sites for hydroxylation is 1. The number of nitro benzene ring substituents is 1. The highest BCUT2D eigenvalue weighted by Gasteiger charge is 2.14. The van der Waals surface area contributed by atoms with Gasteiger partial charge in [-0.2, -0.15) is 0 Å². The standard InChI is InChI=1S/C17H15N3O4S/c1-12-5-4-7-14(9-12)23-10-16-18-19-17(24-16)25-11-13-6-2-3-8-15(13)20(21)22/h2-9H,10-11H2,1H3. The summed E-state index contributed by atoms with van der Waals surface area (Å²) in [4.78, 5) is 10.6. The molecule has 0 atom stereocenters. The van der Waals surface area contributed by atoms with Crippen LogP contribution in [0.25, 0.3) is 0 Å². The van der Waals surface area contributed by atoms with Gasteiger partial charge in [-0.05, 0) is 24.6 Å². The Morgan fingerprint density at radius 1 is 1.20 bits per heavy atom. The minimum Gasteiger partial charge on any atom is -0.484 e. The molecule has 3 rings (SSSR count). The van der Waals surface area contributed by atoms with E-state index >= 15 is 0 Å². The van der Waals surface area contributed by atoms with Crippen LogP contribution >= 0.6 is 11.8 Å². The molecule has 0 saturated heterocycles. The van der Waals surface area contributed by atoms with Crippen molar-refractivity contribution in [3.05, 3.63) is 75.7 Å². The van der Waals surface area contributed by atoms with Crippen molar-refractivity contribution in [2.75, 3.05) is 0 Å². The molecule has 0 amide bonds. The number of para-hydroxylation sites is 1. The number of ether oxygens (including phenoxy) is 1. The molecule has 3 aromatic rings. The van der Waals surface area contributed by atoms with Crippen molar-refractivity contribution >= 4 is 17.4 Å². The van der Waals surface area contributed by atoms with Crippen LogP contribution in [0.15, 0.2) is 58.2 Å². The van der Waals surface area contributed by atoms with Crippen molar-refractivity contribution in [2.24, 2.45) is 0 Å². The van der Waals surface area contributed by atoms with Crippen LogP contribution in [-0.4, -0.2) is 15.1 Å². The first-order valence-corrected chi connectivity index (χ1v) is 8.47. The van der Waals surface area contributed by atoms with E-state index in [1.165, 1.54) is 17.8 Å². The monoisotopic (exact) mass is 357 g/mol. The van der Waals surface area contributed by atoms with Crippen LogP contribution < -0.4 is 4.74 Å². The van der Waals surface area contributed by atoms with Crippen molar-refractivity contribution < 1.29 is 14.1 Å². The maximum absolute atomic E-state index is 11.0. The van der Waals surface area contributed by atoms with E-state index in [4.69, 9.17) is 9.15 Å². The molecule has 7 nitrogen and oxygen atoms in total. The highest BCUT2D eigenvalue weighted by Crippen LogP contribution is 2.27. The lowest BCUT2D eigenvalue weighted by Crippen LogP contribution is -1.95. The first-order valence-electron chi connectivity index (χ1n) is 7.49. The predicted octanol–water partition coefficient (Wildman–Crippen LogP) is 4.16. The number of thioether (sulfide) groups is 1. The molecule has 0 aliphatic heterocycles. The second-order valence-corrected chi connectivity index (χ2v) is 6.17. The summed E-state index contributed by atoms with van der Waals surface area (Å²) in [7, 11) is 0. The zero-order valence-electron chi connectivity index (χ0n) is 13.4. The molecule has 25 heavy (non-hydrogen) atoms. The number of rotatable bonds is 7. The Morgan fingerprint density at radius 3 is 2.84 bits per heavy atom. The molecular formula is C17H15N3O4S. The molecule has 0 unspecified atom stereocenters. The molecule has 0 saturated carbocycles. The smallest absolute Gasteiger partial charge is 0.277 e. The normalized spacial score (nSPS) is 10.6. The molecular weight excluding hydrogens is 342 g/mol. The van der Waals surface area contributed by atoms with Gasteiger partial charge in [-0.3, -0.25) is 10.1 Å². The van der Waals surface area contributed by atoms with Gasteiger partial charge in [0.05, 0.1) is 4.92 Å². The van der Waals surface area contributed by atoms with Crippen LogP contribution in [0.4, 0.5) is 5.69 Å². The zero-order valence-corrected chi connectivity index (χ0v) is 14.2. The highest BCUT2D eigenvalue weighted by atomic mass is 32.2. The summed E-state index contributed by atoms with van der Waals surface area (Å²) in [6, 6.07) is 14.3. The summed E-state index contributed by atoms with van der Waals surface area (Å²) in [6.45, 7) is 2.15. The molecule has 0 bridgehead atoms. The lowest BCUT2D eigenvalue weighted by molar-refractivity contribution is -0.385. The number of nitro groups is 1. The average molecular weight is 357 g/mol. The van der Waals surface area contributed by atoms with Gasteiger partial charge in [-0.15, -0.1) is 10.2 Å². The number of hydrogen-bond acceptors (Lipinski definition) is 7. The Labute approximate surface area is 148 Å². The molecule has 128 valence electrons. The van der Waals surface area contributed by atoms with E-state index in [-0.39, 0.29) is 12.3 Å². The highest BCUT2D eigenvalue weighted by molar-refractivity contribution is 7.98. The lowest BCUT2D eigenvalue weighted by atomic mass is 10.2. The molecule has 0 aliphatic carbocycles. The lowest BCUT2D eigenvalue weighted by Gasteiger charge is -2.03. The zero-order chi connectivity index (χ0) is 17.6. The molecule has 0 aliphatic rings. The third kappa shape index (κ3) is 4.57. The van der Waals surface area contributed by atoms with Gasteiger partial charge in [0.2, 0.25) is 0 Å². The molecule has 2 aromatic carbocycles. The Morgan fingerprint density at radius 2 is 2.04 bits per heavy atom. The third-order valence-corrected chi connectivity index (χ3v) is 4.21. The molecule has 8 heteroatoms. The van der Waals surface area contributed by atoms with Crippen molar-refractivity contribution in [1.82, 2.24) is 10.2 Å². The fraction of sp³-hybridized carbons (Fsp3) is 0.176. The van der Waals surface area contributed by atoms with Gasteiger partial charge in [-0.25, -0.2) is 0 Å². The molecule has 0 radical (unpaired) electrons. The van der Waals surface area contributed by atoms with Crippen molar-refractivity contribution in [1.29, 1.82) is 0 Å². The molecule has 0 spiro atoms. The van der Waals surface area contributed by atoms with Gasteiger partial charge < -0.3 is 9.15 Å². The first-order chi connectivity index (χ1) is 12.1. The van der Waals surface area contributed by atoms with Crippen molar-refractivity contribution in [3.8, 4) is 5.75 Å². The van der Waals surface area contributed by atoms with Crippen LogP contribution in [0.5, 0.6) is 5.75 Å². The van der Waals surface area contributed by atoms with Crippen LogP contribution in [0.1, 0.15) is 17.0 Å². The quantitative estimate of drug-likeness (QED) is 0.356. The van der Waals surface area contributed by atoms with E-state index in [1.807, 2.05) is 31.2 Å². The van der Waals surface area contributed by atoms with Gasteiger partial charge in [0, 0.05) is 17.4 Å². The Hall–Kier alpha value is -2.87. The second-order valence-electron chi connectivity index (χ2n) is 5.24. The largest absolute Gasteiger partial charge is 0.484 e. The van der Waals surface area contributed by atoms with Gasteiger partial charge in [-0.1, -0.05) is 42.1 Å². The second kappa shape index (κ2) is 7.80. The fourth-order valence-electron chi connectivity index (χ4n) is 2.16. The molecule has 0 fully saturated rings. The summed E-state index contributed by atoms with van der Waals surface area (Å²) < 4.78 is 11.1. The van der Waals surface area contributed by atoms with Crippen molar-refractivity contribution in [3.63, 3.8) is 0 Å². The van der Waals surface area contributed by atoms with Gasteiger partial charge in [0.25, 0.3) is 16.8 Å². The number of aromatic nitrogens is 2. The van der Waals surface area contributed by atoms with Gasteiger partial charge >= 0.3 is 0 Å². The fourth-order valence-corrected chi connectivity index (χ4v) is 2.93. The number of benzene rings is 2. The molecule has 1 heterocycles. The number of hydrogen-bond donors (Lipinski definition) is 0. The van der Waals surface area contributed by atoms with E-state index in [2.05, 4.69) is 10.2 Å². The summed E-state index contributed by atoms with van der Waals surface area (Å²) >= 11 is 1.25. The molecule has 0 N–H and O–H groups in total. The summed E-state index contributed by atoms with van der Waals surface area (Å²) in [5.41, 5.74) is 1.79. The topological polar surface area (TPSA) is 91.3 Å². The molecule has 1 aromatic heterocycles. The Bertz CT molecular complexity index is 882. The predicted molar refractivity (Wildman–Crippen MR) is 92.5 cm³/mol.